The zero-order valence-corrected chi connectivity index (χ0v) is 6.04. The van der Waals surface area contributed by atoms with Gasteiger partial charge in [-0.25, -0.2) is 4.79 Å². The fraction of sp³-hybridized carbons (Fsp3) is 0.833. The number of fused-ring (bicyclic) bond motifs is 1. The summed E-state index contributed by atoms with van der Waals surface area (Å²) >= 11 is 0. The van der Waals surface area contributed by atoms with Gasteiger partial charge in [-0.1, -0.05) is 0 Å². The first-order valence-corrected chi connectivity index (χ1v) is 3.53. The molecule has 6 heteroatoms. The van der Waals surface area contributed by atoms with E-state index in [1.165, 1.54) is 0 Å². The Hall–Kier alpha value is -0.850. The summed E-state index contributed by atoms with van der Waals surface area (Å²) in [5.74, 6) is 0. The van der Waals surface area contributed by atoms with E-state index >= 15 is 0 Å². The number of ether oxygens (including phenoxy) is 3. The summed E-state index contributed by atoms with van der Waals surface area (Å²) in [5.41, 5.74) is 0. The van der Waals surface area contributed by atoms with E-state index in [1.54, 1.807) is 0 Å². The van der Waals surface area contributed by atoms with Crippen molar-refractivity contribution in [1.82, 2.24) is 0 Å². The highest BCUT2D eigenvalue weighted by Crippen LogP contribution is 2.26. The van der Waals surface area contributed by atoms with Gasteiger partial charge in [0.05, 0.1) is 0 Å². The molecule has 68 valence electrons. The molecule has 0 saturated carbocycles. The molecule has 0 bridgehead atoms. The van der Waals surface area contributed by atoms with E-state index in [1.807, 2.05) is 0 Å². The molecule has 0 aromatic heterocycles. The second-order valence-corrected chi connectivity index (χ2v) is 2.70. The van der Waals surface area contributed by atoms with Gasteiger partial charge in [0.15, 0.2) is 12.4 Å². The number of carbonyl (C=O) groups is 1. The molecule has 0 aromatic carbocycles. The fourth-order valence-electron chi connectivity index (χ4n) is 1.29. The smallest absolute Gasteiger partial charge is 0.431 e. The minimum absolute atomic E-state index is 0.0115. The minimum Gasteiger partial charge on any atom is -0.431 e. The van der Waals surface area contributed by atoms with Crippen LogP contribution >= 0.6 is 0 Å². The van der Waals surface area contributed by atoms with Crippen LogP contribution in [0.1, 0.15) is 0 Å². The van der Waals surface area contributed by atoms with Gasteiger partial charge >= 0.3 is 6.16 Å². The maximum Gasteiger partial charge on any atom is 0.508 e. The number of cyclic esters (lactones) is 1. The molecular formula is C6H8O6. The minimum atomic E-state index is -1.30. The van der Waals surface area contributed by atoms with E-state index in [4.69, 9.17) is 9.84 Å². The lowest BCUT2D eigenvalue weighted by molar-refractivity contribution is -0.137. The van der Waals surface area contributed by atoms with Crippen LogP contribution in [0.2, 0.25) is 0 Å². The van der Waals surface area contributed by atoms with Gasteiger partial charge in [-0.3, -0.25) is 0 Å². The van der Waals surface area contributed by atoms with Crippen molar-refractivity contribution >= 4 is 6.16 Å². The molecule has 2 N–H and O–H groups in total. The predicted octanol–water partition coefficient (Wildman–Crippen LogP) is -1.40. The second-order valence-electron chi connectivity index (χ2n) is 2.70. The number of rotatable bonds is 0. The number of aliphatic hydroxyl groups is 2. The third-order valence-electron chi connectivity index (χ3n) is 1.91. The lowest BCUT2D eigenvalue weighted by Crippen LogP contribution is -2.43. The van der Waals surface area contributed by atoms with Crippen molar-refractivity contribution in [2.75, 3.05) is 6.61 Å². The first kappa shape index (κ1) is 7.78. The molecule has 0 spiro atoms. The Morgan fingerprint density at radius 3 is 2.92 bits per heavy atom. The molecule has 2 rings (SSSR count). The Morgan fingerprint density at radius 1 is 1.42 bits per heavy atom. The molecule has 4 atom stereocenters. The third kappa shape index (κ3) is 1.04. The normalized spacial score (nSPS) is 46.3. The molecule has 0 aromatic rings. The van der Waals surface area contributed by atoms with Gasteiger partial charge in [0.25, 0.3) is 0 Å². The van der Waals surface area contributed by atoms with Crippen LogP contribution in [0.25, 0.3) is 0 Å². The van der Waals surface area contributed by atoms with E-state index < -0.39 is 30.8 Å². The van der Waals surface area contributed by atoms with Gasteiger partial charge in [-0.15, -0.1) is 0 Å². The van der Waals surface area contributed by atoms with E-state index in [0.717, 1.165) is 0 Å². The van der Waals surface area contributed by atoms with Crippen molar-refractivity contribution in [2.24, 2.45) is 0 Å². The summed E-state index contributed by atoms with van der Waals surface area (Å²) in [6.07, 6.45) is -4.68. The molecule has 2 aliphatic heterocycles. The summed E-state index contributed by atoms with van der Waals surface area (Å²) in [4.78, 5) is 10.6. The Bertz CT molecular complexity index is 204. The van der Waals surface area contributed by atoms with Gasteiger partial charge in [-0.05, 0) is 0 Å². The Morgan fingerprint density at radius 2 is 2.17 bits per heavy atom. The average molecular weight is 176 g/mol. The highest BCUT2D eigenvalue weighted by atomic mass is 16.8. The van der Waals surface area contributed by atoms with Crippen LogP contribution in [0.15, 0.2) is 0 Å². The molecule has 12 heavy (non-hydrogen) atoms. The van der Waals surface area contributed by atoms with Crippen LogP contribution in [-0.2, 0) is 14.2 Å². The Balaban J connectivity index is 2.10. The maximum absolute atomic E-state index is 10.6. The molecule has 0 amide bonds. The van der Waals surface area contributed by atoms with E-state index in [-0.39, 0.29) is 6.61 Å². The molecule has 2 fully saturated rings. The third-order valence-corrected chi connectivity index (χ3v) is 1.91. The second kappa shape index (κ2) is 2.58. The quantitative estimate of drug-likeness (QED) is 0.441. The highest BCUT2D eigenvalue weighted by Gasteiger charge is 2.48. The lowest BCUT2D eigenvalue weighted by Gasteiger charge is -2.24. The molecule has 2 saturated heterocycles. The van der Waals surface area contributed by atoms with E-state index in [2.05, 4.69) is 9.47 Å². The molecule has 0 aliphatic carbocycles. The standard InChI is InChI=1S/C6H8O6/c7-3-4-2(11-5(3)8)1-10-6(9)12-4/h2-5,7-8H,1H2/t2-,3-,4+,5+/m1/s1. The van der Waals surface area contributed by atoms with Crippen LogP contribution in [0.4, 0.5) is 4.79 Å². The van der Waals surface area contributed by atoms with Crippen molar-refractivity contribution in [2.45, 2.75) is 24.6 Å². The van der Waals surface area contributed by atoms with Gasteiger partial charge in [0.2, 0.25) is 0 Å². The van der Waals surface area contributed by atoms with E-state index in [9.17, 15) is 9.90 Å². The first-order chi connectivity index (χ1) is 5.68. The number of carbonyl (C=O) groups excluding carboxylic acids is 1. The maximum atomic E-state index is 10.6. The summed E-state index contributed by atoms with van der Waals surface area (Å²) < 4.78 is 13.9. The zero-order valence-electron chi connectivity index (χ0n) is 6.04. The first-order valence-electron chi connectivity index (χ1n) is 3.53. The van der Waals surface area contributed by atoms with Crippen molar-refractivity contribution in [3.63, 3.8) is 0 Å². The van der Waals surface area contributed by atoms with Crippen LogP contribution in [-0.4, -0.2) is 47.6 Å². The number of hydrogen-bond acceptors (Lipinski definition) is 6. The van der Waals surface area contributed by atoms with Gasteiger partial charge in [0.1, 0.15) is 18.8 Å². The molecule has 0 radical (unpaired) electrons. The van der Waals surface area contributed by atoms with Gasteiger partial charge in [0, 0.05) is 0 Å². The van der Waals surface area contributed by atoms with Gasteiger partial charge < -0.3 is 24.4 Å². The number of aliphatic hydroxyl groups excluding tert-OH is 2. The van der Waals surface area contributed by atoms with Crippen LogP contribution in [0.5, 0.6) is 0 Å². The summed E-state index contributed by atoms with van der Waals surface area (Å²) in [6.45, 7) is 0.0115. The summed E-state index contributed by atoms with van der Waals surface area (Å²) in [5, 5.41) is 18.2. The predicted molar refractivity (Wildman–Crippen MR) is 33.1 cm³/mol. The fourth-order valence-corrected chi connectivity index (χ4v) is 1.29. The van der Waals surface area contributed by atoms with Gasteiger partial charge in [-0.2, -0.15) is 0 Å². The van der Waals surface area contributed by atoms with Crippen molar-refractivity contribution in [1.29, 1.82) is 0 Å². The monoisotopic (exact) mass is 176 g/mol. The molecule has 6 nitrogen and oxygen atoms in total. The molecule has 2 aliphatic rings. The van der Waals surface area contributed by atoms with Crippen molar-refractivity contribution in [3.8, 4) is 0 Å². The highest BCUT2D eigenvalue weighted by molar-refractivity contribution is 5.61. The van der Waals surface area contributed by atoms with Crippen LogP contribution < -0.4 is 0 Å². The summed E-state index contributed by atoms with van der Waals surface area (Å²) in [6, 6.07) is 0. The number of hydrogen-bond donors (Lipinski definition) is 2. The van der Waals surface area contributed by atoms with Crippen molar-refractivity contribution in [3.05, 3.63) is 0 Å². The molecule has 0 unspecified atom stereocenters. The molecule has 2 heterocycles. The van der Waals surface area contributed by atoms with E-state index in [0.29, 0.717) is 0 Å². The van der Waals surface area contributed by atoms with Crippen LogP contribution in [0.3, 0.4) is 0 Å². The molecular weight excluding hydrogens is 168 g/mol. The topological polar surface area (TPSA) is 85.2 Å². The largest absolute Gasteiger partial charge is 0.508 e. The Kier molecular flexibility index (Phi) is 1.67. The van der Waals surface area contributed by atoms with Crippen LogP contribution in [0, 0.1) is 0 Å². The Labute approximate surface area is 67.6 Å². The SMILES string of the molecule is O=C1OC[C@H]2O[C@H](O)[C@H](O)[C@H]2O1. The zero-order chi connectivity index (χ0) is 8.72. The average Bonchev–Trinajstić information content (AvgIpc) is 2.31. The lowest BCUT2D eigenvalue weighted by atomic mass is 10.1. The summed E-state index contributed by atoms with van der Waals surface area (Å²) in [7, 11) is 0. The van der Waals surface area contributed by atoms with Crippen molar-refractivity contribution < 1.29 is 29.2 Å².